The van der Waals surface area contributed by atoms with Crippen molar-refractivity contribution in [1.29, 1.82) is 0 Å². The Labute approximate surface area is 161 Å². The van der Waals surface area contributed by atoms with E-state index in [1.807, 2.05) is 4.90 Å². The van der Waals surface area contributed by atoms with Crippen molar-refractivity contribution < 1.29 is 9.59 Å². The Bertz CT molecular complexity index is 686. The number of carbonyl (C=O) groups excluding carboxylic acids is 2. The van der Waals surface area contributed by atoms with Crippen LogP contribution in [0, 0.1) is 5.92 Å². The van der Waals surface area contributed by atoms with Gasteiger partial charge in [-0.2, -0.15) is 0 Å². The highest BCUT2D eigenvalue weighted by molar-refractivity contribution is 8.01. The summed E-state index contributed by atoms with van der Waals surface area (Å²) in [5.74, 6) is 1.54. The number of nitrogens with one attached hydrogen (secondary N) is 1. The minimum atomic E-state index is -0.351. The summed E-state index contributed by atoms with van der Waals surface area (Å²) >= 11 is 1.74. The first-order chi connectivity index (χ1) is 12.2. The lowest BCUT2D eigenvalue weighted by atomic mass is 9.93. The van der Waals surface area contributed by atoms with Crippen LogP contribution in [0.1, 0.15) is 70.5 Å². The largest absolute Gasteiger partial charge is 0.347 e. The summed E-state index contributed by atoms with van der Waals surface area (Å²) in [6, 6.07) is 8.14. The summed E-state index contributed by atoms with van der Waals surface area (Å²) in [5.41, 5.74) is 2.42. The number of thioether (sulfide) groups is 1. The lowest BCUT2D eigenvalue weighted by Crippen LogP contribution is -2.51. The molecule has 0 spiro atoms. The standard InChI is InChI=1S/C21H30N2O2S/c1-13(2)15-6-8-16(9-7-15)19(14(3)4)22-20(25)17-12-26-21(5)11-10-18(24)23(17)21/h6-9,13-14,17,19H,10-12H2,1-5H3,(H,22,25). The zero-order chi connectivity index (χ0) is 19.1. The topological polar surface area (TPSA) is 49.4 Å². The fourth-order valence-electron chi connectivity index (χ4n) is 3.99. The molecule has 2 amide bonds. The first kappa shape index (κ1) is 19.3. The molecule has 0 radical (unpaired) electrons. The molecule has 2 saturated heterocycles. The monoisotopic (exact) mass is 374 g/mol. The van der Waals surface area contributed by atoms with Crippen LogP contribution in [0.2, 0.25) is 0 Å². The van der Waals surface area contributed by atoms with Gasteiger partial charge in [-0.3, -0.25) is 9.59 Å². The van der Waals surface area contributed by atoms with Crippen LogP contribution in [0.4, 0.5) is 0 Å². The van der Waals surface area contributed by atoms with Gasteiger partial charge in [-0.1, -0.05) is 52.0 Å². The van der Waals surface area contributed by atoms with Crippen LogP contribution in [0.3, 0.4) is 0 Å². The molecule has 3 rings (SSSR count). The molecule has 4 nitrogen and oxygen atoms in total. The maximum atomic E-state index is 13.0. The van der Waals surface area contributed by atoms with Gasteiger partial charge in [0.25, 0.3) is 0 Å². The summed E-state index contributed by atoms with van der Waals surface area (Å²) in [4.78, 5) is 26.9. The molecular formula is C21H30N2O2S. The third-order valence-electron chi connectivity index (χ3n) is 5.67. The highest BCUT2D eigenvalue weighted by atomic mass is 32.2. The van der Waals surface area contributed by atoms with Crippen molar-refractivity contribution in [3.8, 4) is 0 Å². The molecule has 2 fully saturated rings. The second-order valence-electron chi connectivity index (χ2n) is 8.32. The Morgan fingerprint density at radius 3 is 2.38 bits per heavy atom. The molecule has 0 aliphatic carbocycles. The van der Waals surface area contributed by atoms with Gasteiger partial charge in [0.1, 0.15) is 6.04 Å². The normalized spacial score (nSPS) is 26.5. The molecule has 1 aromatic rings. The molecule has 0 bridgehead atoms. The molecule has 5 heteroatoms. The van der Waals surface area contributed by atoms with Crippen molar-refractivity contribution in [2.24, 2.45) is 5.92 Å². The van der Waals surface area contributed by atoms with E-state index >= 15 is 0 Å². The van der Waals surface area contributed by atoms with E-state index in [0.717, 1.165) is 12.0 Å². The first-order valence-corrected chi connectivity index (χ1v) is 10.6. The Hall–Kier alpha value is -1.49. The Balaban J connectivity index is 1.76. The number of nitrogens with zero attached hydrogens (tertiary/aromatic N) is 1. The van der Waals surface area contributed by atoms with Crippen LogP contribution in [0.15, 0.2) is 24.3 Å². The predicted octanol–water partition coefficient (Wildman–Crippen LogP) is 4.08. The minimum absolute atomic E-state index is 0.0249. The smallest absolute Gasteiger partial charge is 0.244 e. The van der Waals surface area contributed by atoms with E-state index in [-0.39, 0.29) is 34.7 Å². The Morgan fingerprint density at radius 1 is 1.19 bits per heavy atom. The van der Waals surface area contributed by atoms with Crippen LogP contribution in [-0.2, 0) is 9.59 Å². The van der Waals surface area contributed by atoms with Gasteiger partial charge >= 0.3 is 0 Å². The summed E-state index contributed by atoms with van der Waals surface area (Å²) in [6.45, 7) is 10.7. The van der Waals surface area contributed by atoms with Gasteiger partial charge in [-0.05, 0) is 36.3 Å². The fourth-order valence-corrected chi connectivity index (χ4v) is 5.42. The molecule has 142 valence electrons. The first-order valence-electron chi connectivity index (χ1n) is 9.59. The van der Waals surface area contributed by atoms with Crippen molar-refractivity contribution in [1.82, 2.24) is 10.2 Å². The van der Waals surface area contributed by atoms with Crippen LogP contribution >= 0.6 is 11.8 Å². The molecule has 2 aliphatic heterocycles. The Morgan fingerprint density at radius 2 is 1.81 bits per heavy atom. The molecule has 1 N–H and O–H groups in total. The highest BCUT2D eigenvalue weighted by Gasteiger charge is 2.53. The second kappa shape index (κ2) is 7.26. The summed E-state index contributed by atoms with van der Waals surface area (Å²) in [5, 5.41) is 3.23. The van der Waals surface area contributed by atoms with E-state index in [2.05, 4.69) is 64.2 Å². The van der Waals surface area contributed by atoms with Gasteiger partial charge in [0.15, 0.2) is 0 Å². The van der Waals surface area contributed by atoms with Crippen LogP contribution in [0.5, 0.6) is 0 Å². The minimum Gasteiger partial charge on any atom is -0.347 e. The van der Waals surface area contributed by atoms with Crippen molar-refractivity contribution in [3.05, 3.63) is 35.4 Å². The quantitative estimate of drug-likeness (QED) is 0.845. The molecule has 1 aromatic carbocycles. The van der Waals surface area contributed by atoms with E-state index in [9.17, 15) is 9.59 Å². The average molecular weight is 375 g/mol. The average Bonchev–Trinajstić information content (AvgIpc) is 3.08. The van der Waals surface area contributed by atoms with E-state index in [1.54, 1.807) is 11.8 Å². The molecule has 26 heavy (non-hydrogen) atoms. The van der Waals surface area contributed by atoms with Gasteiger partial charge in [0.05, 0.1) is 10.9 Å². The lowest BCUT2D eigenvalue weighted by molar-refractivity contribution is -0.138. The van der Waals surface area contributed by atoms with Crippen molar-refractivity contribution >= 4 is 23.6 Å². The predicted molar refractivity (Wildman–Crippen MR) is 107 cm³/mol. The van der Waals surface area contributed by atoms with E-state index < -0.39 is 0 Å². The number of benzene rings is 1. The van der Waals surface area contributed by atoms with Crippen LogP contribution < -0.4 is 5.32 Å². The van der Waals surface area contributed by atoms with Gasteiger partial charge in [0.2, 0.25) is 11.8 Å². The lowest BCUT2D eigenvalue weighted by Gasteiger charge is -2.31. The zero-order valence-electron chi connectivity index (χ0n) is 16.4. The third kappa shape index (κ3) is 3.51. The molecule has 0 saturated carbocycles. The maximum Gasteiger partial charge on any atom is 0.244 e. The Kier molecular flexibility index (Phi) is 5.38. The molecule has 0 aromatic heterocycles. The van der Waals surface area contributed by atoms with Gasteiger partial charge < -0.3 is 10.2 Å². The number of carbonyl (C=O) groups is 2. The van der Waals surface area contributed by atoms with Crippen molar-refractivity contribution in [3.63, 3.8) is 0 Å². The van der Waals surface area contributed by atoms with Gasteiger partial charge in [0, 0.05) is 12.2 Å². The summed E-state index contributed by atoms with van der Waals surface area (Å²) < 4.78 is 0. The number of rotatable bonds is 5. The van der Waals surface area contributed by atoms with Gasteiger partial charge in [-0.25, -0.2) is 0 Å². The van der Waals surface area contributed by atoms with E-state index in [4.69, 9.17) is 0 Å². The molecule has 3 unspecified atom stereocenters. The van der Waals surface area contributed by atoms with Gasteiger partial charge in [-0.15, -0.1) is 11.8 Å². The highest BCUT2D eigenvalue weighted by Crippen LogP contribution is 2.47. The van der Waals surface area contributed by atoms with E-state index in [1.165, 1.54) is 5.56 Å². The maximum absolute atomic E-state index is 13.0. The molecular weight excluding hydrogens is 344 g/mol. The molecule has 2 aliphatic rings. The summed E-state index contributed by atoms with van der Waals surface area (Å²) in [6.07, 6.45) is 1.39. The number of fused-ring (bicyclic) bond motifs is 1. The molecule has 2 heterocycles. The second-order valence-corrected chi connectivity index (χ2v) is 9.82. The van der Waals surface area contributed by atoms with E-state index in [0.29, 0.717) is 18.1 Å². The fraction of sp³-hybridized carbons (Fsp3) is 0.619. The van der Waals surface area contributed by atoms with Crippen molar-refractivity contribution in [2.45, 2.75) is 70.3 Å². The number of hydrogen-bond donors (Lipinski definition) is 1. The third-order valence-corrected chi connectivity index (χ3v) is 7.18. The van der Waals surface area contributed by atoms with Crippen LogP contribution in [-0.4, -0.2) is 33.4 Å². The van der Waals surface area contributed by atoms with Crippen LogP contribution in [0.25, 0.3) is 0 Å². The summed E-state index contributed by atoms with van der Waals surface area (Å²) in [7, 11) is 0. The zero-order valence-corrected chi connectivity index (χ0v) is 17.2. The van der Waals surface area contributed by atoms with Crippen molar-refractivity contribution in [2.75, 3.05) is 5.75 Å². The molecule has 3 atom stereocenters. The number of hydrogen-bond acceptors (Lipinski definition) is 3. The number of amides is 2. The SMILES string of the molecule is CC(C)c1ccc(C(NC(=O)C2CSC3(C)CCC(=O)N23)C(C)C)cc1.